The molecule has 1 aromatic heterocycles. The average molecular weight is 510 g/mol. The molecule has 182 valence electrons. The Morgan fingerprint density at radius 1 is 1.26 bits per heavy atom. The van der Waals surface area contributed by atoms with Crippen LogP contribution in [0.4, 0.5) is 5.00 Å². The Bertz CT molecular complexity index is 1220. The maximum Gasteiger partial charge on any atom is 0.341 e. The van der Waals surface area contributed by atoms with E-state index in [0.717, 1.165) is 59.0 Å². The lowest BCUT2D eigenvalue weighted by atomic mass is 9.87. The van der Waals surface area contributed by atoms with Gasteiger partial charge in [0, 0.05) is 17.2 Å². The third kappa shape index (κ3) is 5.60. The fraction of sp³-hybridized carbons (Fsp3) is 0.385. The lowest BCUT2D eigenvalue weighted by molar-refractivity contribution is -0.121. The minimum atomic E-state index is -0.412. The largest absolute Gasteiger partial charge is 0.462 e. The van der Waals surface area contributed by atoms with E-state index in [1.165, 1.54) is 11.3 Å². The zero-order valence-corrected chi connectivity index (χ0v) is 21.4. The molecule has 2 aromatic rings. The van der Waals surface area contributed by atoms with Gasteiger partial charge in [-0.15, -0.1) is 11.3 Å². The molecule has 2 amide bonds. The highest BCUT2D eigenvalue weighted by Gasteiger charge is 2.31. The summed E-state index contributed by atoms with van der Waals surface area (Å²) in [6.07, 6.45) is 3.95. The zero-order valence-electron chi connectivity index (χ0n) is 19.7. The molecular formula is C26H27N3O4S2. The van der Waals surface area contributed by atoms with Gasteiger partial charge in [0.2, 0.25) is 11.8 Å². The lowest BCUT2D eigenvalue weighted by Gasteiger charge is -2.25. The second kappa shape index (κ2) is 11.1. The van der Waals surface area contributed by atoms with Crippen LogP contribution in [-0.2, 0) is 27.2 Å². The van der Waals surface area contributed by atoms with Crippen molar-refractivity contribution in [2.45, 2.75) is 51.9 Å². The number of fused-ring (bicyclic) bond motifs is 1. The number of thioether (sulfide) groups is 1. The molecule has 9 heteroatoms. The quantitative estimate of drug-likeness (QED) is 0.518. The van der Waals surface area contributed by atoms with Crippen LogP contribution in [0.25, 0.3) is 0 Å². The van der Waals surface area contributed by atoms with Crippen LogP contribution in [0, 0.1) is 18.3 Å². The summed E-state index contributed by atoms with van der Waals surface area (Å²) in [7, 11) is 0. The predicted molar refractivity (Wildman–Crippen MR) is 137 cm³/mol. The monoisotopic (exact) mass is 509 g/mol. The first-order chi connectivity index (χ1) is 16.9. The van der Waals surface area contributed by atoms with Crippen LogP contribution >= 0.6 is 23.1 Å². The fourth-order valence-electron chi connectivity index (χ4n) is 4.39. The second-order valence-corrected chi connectivity index (χ2v) is 10.6. The van der Waals surface area contributed by atoms with E-state index < -0.39 is 5.97 Å². The highest BCUT2D eigenvalue weighted by atomic mass is 32.2. The molecule has 7 nitrogen and oxygen atoms in total. The van der Waals surface area contributed by atoms with E-state index in [1.54, 1.807) is 6.92 Å². The number of benzene rings is 1. The van der Waals surface area contributed by atoms with Gasteiger partial charge >= 0.3 is 5.97 Å². The van der Waals surface area contributed by atoms with Gasteiger partial charge < -0.3 is 15.4 Å². The molecule has 2 aliphatic rings. The molecule has 1 aromatic carbocycles. The van der Waals surface area contributed by atoms with Crippen molar-refractivity contribution in [2.75, 3.05) is 17.7 Å². The number of hydrogen-bond donors (Lipinski definition) is 2. The highest BCUT2D eigenvalue weighted by Crippen LogP contribution is 2.39. The molecular weight excluding hydrogens is 482 g/mol. The summed E-state index contributed by atoms with van der Waals surface area (Å²) in [6.45, 7) is 4.00. The molecule has 1 aliphatic heterocycles. The van der Waals surface area contributed by atoms with E-state index in [4.69, 9.17) is 4.74 Å². The summed E-state index contributed by atoms with van der Waals surface area (Å²) in [6, 6.07) is 10.0. The Labute approximate surface area is 212 Å². The second-order valence-electron chi connectivity index (χ2n) is 8.54. The Morgan fingerprint density at radius 3 is 2.71 bits per heavy atom. The number of ether oxygens (including phenoxy) is 1. The van der Waals surface area contributed by atoms with E-state index in [9.17, 15) is 19.6 Å². The van der Waals surface area contributed by atoms with E-state index in [-0.39, 0.29) is 36.5 Å². The van der Waals surface area contributed by atoms with Crippen LogP contribution in [0.2, 0.25) is 0 Å². The topological polar surface area (TPSA) is 108 Å². The van der Waals surface area contributed by atoms with E-state index in [2.05, 4.69) is 16.7 Å². The molecule has 35 heavy (non-hydrogen) atoms. The molecule has 4 rings (SSSR count). The Hall–Kier alpha value is -3.09. The van der Waals surface area contributed by atoms with Crippen molar-refractivity contribution in [3.8, 4) is 6.07 Å². The van der Waals surface area contributed by atoms with Crippen LogP contribution in [-0.4, -0.2) is 30.1 Å². The van der Waals surface area contributed by atoms with Gasteiger partial charge in [0.05, 0.1) is 34.6 Å². The zero-order chi connectivity index (χ0) is 24.9. The van der Waals surface area contributed by atoms with Crippen LogP contribution in [0.3, 0.4) is 0 Å². The van der Waals surface area contributed by atoms with Gasteiger partial charge in [0.25, 0.3) is 0 Å². The van der Waals surface area contributed by atoms with Crippen LogP contribution in [0.1, 0.15) is 64.0 Å². The average Bonchev–Trinajstić information content (AvgIpc) is 3.20. The maximum atomic E-state index is 12.9. The first-order valence-electron chi connectivity index (χ1n) is 11.7. The molecule has 0 spiro atoms. The SMILES string of the molecule is CCOC(=O)c1c(NC(=O)CSC2=C(C#N)[C@H](c3ccc(C)cc3)CC(=O)N2)sc2c1CCCC2. The van der Waals surface area contributed by atoms with Gasteiger partial charge in [-0.2, -0.15) is 5.26 Å². The van der Waals surface area contributed by atoms with Gasteiger partial charge in [0.15, 0.2) is 0 Å². The molecule has 2 heterocycles. The number of esters is 1. The number of aryl methyl sites for hydroxylation is 2. The third-order valence-electron chi connectivity index (χ3n) is 6.09. The van der Waals surface area contributed by atoms with Crippen molar-refractivity contribution in [1.82, 2.24) is 5.32 Å². The number of carbonyl (C=O) groups excluding carboxylic acids is 3. The summed E-state index contributed by atoms with van der Waals surface area (Å²) in [5.74, 6) is -1.26. The number of nitrogens with zero attached hydrogens (tertiary/aromatic N) is 1. The molecule has 0 unspecified atom stereocenters. The van der Waals surface area contributed by atoms with Gasteiger partial charge in [-0.1, -0.05) is 41.6 Å². The standard InChI is InChI=1S/C26H27N3O4S2/c1-3-33-26(32)23-17-6-4-5-7-20(17)35-25(23)29-22(31)14-34-24-19(13-27)18(12-21(30)28-24)16-10-8-15(2)9-11-16/h8-11,18H,3-7,12,14H2,1-2H3,(H,28,30)(H,29,31)/t18-/m0/s1. The van der Waals surface area contributed by atoms with Crippen LogP contribution in [0.15, 0.2) is 34.9 Å². The number of allylic oxidation sites excluding steroid dienone is 1. The first-order valence-corrected chi connectivity index (χ1v) is 13.5. The van der Waals surface area contributed by atoms with Crippen molar-refractivity contribution >= 4 is 45.9 Å². The lowest BCUT2D eigenvalue weighted by Crippen LogP contribution is -2.31. The molecule has 0 radical (unpaired) electrons. The highest BCUT2D eigenvalue weighted by molar-refractivity contribution is 8.03. The number of nitriles is 1. The normalized spacial score (nSPS) is 17.3. The molecule has 0 saturated carbocycles. The smallest absolute Gasteiger partial charge is 0.341 e. The fourth-order valence-corrected chi connectivity index (χ4v) is 6.56. The first kappa shape index (κ1) is 25.0. The summed E-state index contributed by atoms with van der Waals surface area (Å²) >= 11 is 2.56. The minimum Gasteiger partial charge on any atom is -0.462 e. The number of thiophene rings is 1. The number of anilines is 1. The molecule has 0 fully saturated rings. The third-order valence-corrected chi connectivity index (χ3v) is 8.31. The Morgan fingerprint density at radius 2 is 2.00 bits per heavy atom. The van der Waals surface area contributed by atoms with Crippen molar-refractivity contribution < 1.29 is 19.1 Å². The summed E-state index contributed by atoms with van der Waals surface area (Å²) in [5, 5.41) is 16.4. The number of carbonyl (C=O) groups is 3. The number of amides is 2. The number of nitrogens with one attached hydrogen (secondary N) is 2. The number of rotatable bonds is 7. The maximum absolute atomic E-state index is 12.9. The van der Waals surface area contributed by atoms with E-state index in [1.807, 2.05) is 31.2 Å². The molecule has 0 bridgehead atoms. The van der Waals surface area contributed by atoms with Crippen molar-refractivity contribution in [3.05, 3.63) is 62.0 Å². The Kier molecular flexibility index (Phi) is 7.93. The number of hydrogen-bond acceptors (Lipinski definition) is 7. The Balaban J connectivity index is 1.51. The molecule has 1 aliphatic carbocycles. The van der Waals surface area contributed by atoms with Crippen molar-refractivity contribution in [2.24, 2.45) is 0 Å². The summed E-state index contributed by atoms with van der Waals surface area (Å²) in [4.78, 5) is 39.0. The minimum absolute atomic E-state index is 0.00770. The van der Waals surface area contributed by atoms with Crippen LogP contribution in [0.5, 0.6) is 0 Å². The van der Waals surface area contributed by atoms with Gasteiger partial charge in [-0.25, -0.2) is 4.79 Å². The molecule has 1 atom stereocenters. The van der Waals surface area contributed by atoms with Gasteiger partial charge in [0.1, 0.15) is 5.00 Å². The summed E-state index contributed by atoms with van der Waals surface area (Å²) in [5.41, 5.74) is 3.89. The predicted octanol–water partition coefficient (Wildman–Crippen LogP) is 4.82. The van der Waals surface area contributed by atoms with E-state index in [0.29, 0.717) is 21.2 Å². The van der Waals surface area contributed by atoms with Gasteiger partial charge in [-0.05, 0) is 50.7 Å². The van der Waals surface area contributed by atoms with E-state index >= 15 is 0 Å². The molecule has 0 saturated heterocycles. The molecule has 2 N–H and O–H groups in total. The van der Waals surface area contributed by atoms with Crippen molar-refractivity contribution in [3.63, 3.8) is 0 Å². The van der Waals surface area contributed by atoms with Crippen LogP contribution < -0.4 is 10.6 Å². The van der Waals surface area contributed by atoms with Gasteiger partial charge in [-0.3, -0.25) is 9.59 Å². The van der Waals surface area contributed by atoms with Crippen molar-refractivity contribution in [1.29, 1.82) is 5.26 Å². The summed E-state index contributed by atoms with van der Waals surface area (Å²) < 4.78 is 5.25.